The molecule has 0 fully saturated rings. The van der Waals surface area contributed by atoms with Gasteiger partial charge >= 0.3 is 0 Å². The first kappa shape index (κ1) is 7.44. The molecule has 0 spiro atoms. The van der Waals surface area contributed by atoms with E-state index in [-0.39, 0.29) is 0 Å². The average Bonchev–Trinajstić information content (AvgIpc) is 2.72. The fraction of sp³-hybridized carbons (Fsp3) is 0.300. The molecule has 2 aliphatic heterocycles. The largest absolute Gasteiger partial charge is 0.346 e. The minimum Gasteiger partial charge on any atom is -0.346 e. The van der Waals surface area contributed by atoms with Gasteiger partial charge in [0.15, 0.2) is 0 Å². The molecular formula is C10H10N2S. The van der Waals surface area contributed by atoms with E-state index in [0.717, 1.165) is 6.54 Å². The molecule has 0 saturated heterocycles. The van der Waals surface area contributed by atoms with Crippen molar-refractivity contribution in [2.45, 2.75) is 17.8 Å². The summed E-state index contributed by atoms with van der Waals surface area (Å²) in [5.74, 6) is 0. The van der Waals surface area contributed by atoms with Gasteiger partial charge in [0, 0.05) is 19.0 Å². The molecule has 0 saturated carbocycles. The maximum Gasteiger partial charge on any atom is 0.0827 e. The van der Waals surface area contributed by atoms with Crippen LogP contribution >= 0.6 is 11.8 Å². The Labute approximate surface area is 81.4 Å². The van der Waals surface area contributed by atoms with Gasteiger partial charge in [-0.2, -0.15) is 0 Å². The van der Waals surface area contributed by atoms with Gasteiger partial charge in [0.2, 0.25) is 0 Å². The van der Waals surface area contributed by atoms with E-state index >= 15 is 0 Å². The lowest BCUT2D eigenvalue weighted by Crippen LogP contribution is -2.19. The molecule has 13 heavy (non-hydrogen) atoms. The smallest absolute Gasteiger partial charge is 0.0827 e. The van der Waals surface area contributed by atoms with Crippen LogP contribution in [0.1, 0.15) is 5.69 Å². The number of hydrogen-bond acceptors (Lipinski definition) is 2. The molecule has 3 heterocycles. The van der Waals surface area contributed by atoms with Crippen molar-refractivity contribution < 1.29 is 0 Å². The average molecular weight is 190 g/mol. The molecule has 1 aromatic heterocycles. The number of nitrogens with zero attached hydrogens (tertiary/aromatic N) is 2. The second kappa shape index (κ2) is 2.77. The molecule has 1 aromatic rings. The van der Waals surface area contributed by atoms with Crippen LogP contribution in [0.3, 0.4) is 0 Å². The van der Waals surface area contributed by atoms with E-state index in [0.29, 0.717) is 11.3 Å². The molecule has 0 N–H and O–H groups in total. The van der Waals surface area contributed by atoms with E-state index in [1.54, 1.807) is 0 Å². The first-order valence-electron chi connectivity index (χ1n) is 4.44. The highest BCUT2D eigenvalue weighted by Gasteiger charge is 2.25. The standard InChI is InChI=1S/C10H10N2S/c1-2-8-6-11-9-3-5-13-10(9)7-12(8)4-1/h1-6,9-10H,7H2. The van der Waals surface area contributed by atoms with Gasteiger partial charge in [-0.15, -0.1) is 11.8 Å². The zero-order chi connectivity index (χ0) is 8.67. The minimum atomic E-state index is 0.393. The topological polar surface area (TPSA) is 17.3 Å². The molecule has 2 nitrogen and oxygen atoms in total. The Kier molecular flexibility index (Phi) is 1.59. The fourth-order valence-electron chi connectivity index (χ4n) is 1.79. The molecule has 66 valence electrons. The molecule has 2 unspecified atom stereocenters. The van der Waals surface area contributed by atoms with Crippen LogP contribution < -0.4 is 0 Å². The van der Waals surface area contributed by atoms with Crippen LogP contribution in [0.25, 0.3) is 0 Å². The third-order valence-electron chi connectivity index (χ3n) is 2.53. The van der Waals surface area contributed by atoms with Gasteiger partial charge in [0.05, 0.1) is 17.0 Å². The van der Waals surface area contributed by atoms with Gasteiger partial charge < -0.3 is 4.57 Å². The van der Waals surface area contributed by atoms with E-state index in [9.17, 15) is 0 Å². The maximum absolute atomic E-state index is 4.55. The normalized spacial score (nSPS) is 29.8. The van der Waals surface area contributed by atoms with Gasteiger partial charge in [0.25, 0.3) is 0 Å². The summed E-state index contributed by atoms with van der Waals surface area (Å²) in [4.78, 5) is 4.55. The van der Waals surface area contributed by atoms with Gasteiger partial charge in [-0.05, 0) is 17.5 Å². The summed E-state index contributed by atoms with van der Waals surface area (Å²) < 4.78 is 2.27. The quantitative estimate of drug-likeness (QED) is 0.611. The lowest BCUT2D eigenvalue weighted by atomic mass is 10.2. The highest BCUT2D eigenvalue weighted by atomic mass is 32.2. The highest BCUT2D eigenvalue weighted by Crippen LogP contribution is 2.29. The Bertz CT molecular complexity index is 378. The number of thioether (sulfide) groups is 1. The van der Waals surface area contributed by atoms with Crippen molar-refractivity contribution >= 4 is 18.0 Å². The maximum atomic E-state index is 4.55. The van der Waals surface area contributed by atoms with Crippen LogP contribution in [-0.4, -0.2) is 22.1 Å². The van der Waals surface area contributed by atoms with Crippen molar-refractivity contribution in [1.82, 2.24) is 4.57 Å². The monoisotopic (exact) mass is 190 g/mol. The summed E-state index contributed by atoms with van der Waals surface area (Å²) in [6.45, 7) is 1.07. The third-order valence-corrected chi connectivity index (χ3v) is 3.62. The second-order valence-electron chi connectivity index (χ2n) is 3.36. The van der Waals surface area contributed by atoms with Crippen molar-refractivity contribution in [2.75, 3.05) is 0 Å². The van der Waals surface area contributed by atoms with Crippen molar-refractivity contribution in [3.63, 3.8) is 0 Å². The van der Waals surface area contributed by atoms with Crippen LogP contribution in [0.5, 0.6) is 0 Å². The predicted molar refractivity (Wildman–Crippen MR) is 56.3 cm³/mol. The van der Waals surface area contributed by atoms with E-state index in [4.69, 9.17) is 0 Å². The number of aromatic nitrogens is 1. The second-order valence-corrected chi connectivity index (χ2v) is 4.51. The van der Waals surface area contributed by atoms with Gasteiger partial charge in [-0.25, -0.2) is 0 Å². The van der Waals surface area contributed by atoms with E-state index < -0.39 is 0 Å². The fourth-order valence-corrected chi connectivity index (χ4v) is 2.82. The molecule has 0 aromatic carbocycles. The first-order valence-corrected chi connectivity index (χ1v) is 5.38. The molecule has 3 rings (SSSR count). The molecular weight excluding hydrogens is 180 g/mol. The zero-order valence-electron chi connectivity index (χ0n) is 7.13. The van der Waals surface area contributed by atoms with Crippen molar-refractivity contribution in [1.29, 1.82) is 0 Å². The summed E-state index contributed by atoms with van der Waals surface area (Å²) in [6, 6.07) is 4.58. The van der Waals surface area contributed by atoms with E-state index in [1.807, 2.05) is 18.0 Å². The predicted octanol–water partition coefficient (Wildman–Crippen LogP) is 1.92. The van der Waals surface area contributed by atoms with Crippen molar-refractivity contribution in [2.24, 2.45) is 4.99 Å². The highest BCUT2D eigenvalue weighted by molar-refractivity contribution is 8.03. The van der Waals surface area contributed by atoms with Gasteiger partial charge in [0.1, 0.15) is 0 Å². The van der Waals surface area contributed by atoms with Crippen molar-refractivity contribution in [3.05, 3.63) is 35.5 Å². The Morgan fingerprint density at radius 2 is 2.54 bits per heavy atom. The first-order chi connectivity index (χ1) is 6.43. The Morgan fingerprint density at radius 1 is 1.54 bits per heavy atom. The summed E-state index contributed by atoms with van der Waals surface area (Å²) in [5, 5.41) is 2.77. The number of aliphatic imine (C=N–C) groups is 1. The lowest BCUT2D eigenvalue weighted by molar-refractivity contribution is 0.637. The van der Waals surface area contributed by atoms with Crippen LogP contribution in [0.15, 0.2) is 34.8 Å². The lowest BCUT2D eigenvalue weighted by Gasteiger charge is -2.13. The van der Waals surface area contributed by atoms with Gasteiger partial charge in [-0.3, -0.25) is 4.99 Å². The van der Waals surface area contributed by atoms with E-state index in [2.05, 4.69) is 39.4 Å². The molecule has 3 heteroatoms. The van der Waals surface area contributed by atoms with Crippen molar-refractivity contribution in [3.8, 4) is 0 Å². The van der Waals surface area contributed by atoms with Crippen LogP contribution in [0, 0.1) is 0 Å². The molecule has 0 aliphatic carbocycles. The SMILES string of the molecule is C1=CC2N=Cc3cccn3CC2S1. The zero-order valence-corrected chi connectivity index (χ0v) is 7.95. The van der Waals surface area contributed by atoms with E-state index in [1.165, 1.54) is 5.69 Å². The summed E-state index contributed by atoms with van der Waals surface area (Å²) in [7, 11) is 0. The third kappa shape index (κ3) is 1.15. The minimum absolute atomic E-state index is 0.393. The molecule has 0 radical (unpaired) electrons. The number of hydrogen-bond donors (Lipinski definition) is 0. The number of rotatable bonds is 0. The molecule has 0 bridgehead atoms. The molecule has 2 atom stereocenters. The molecule has 2 aliphatic rings. The summed E-state index contributed by atoms with van der Waals surface area (Å²) in [6.07, 6.45) is 6.31. The molecule has 0 amide bonds. The van der Waals surface area contributed by atoms with Gasteiger partial charge in [-0.1, -0.05) is 6.08 Å². The number of fused-ring (bicyclic) bond motifs is 2. The van der Waals surface area contributed by atoms with Crippen LogP contribution in [0.4, 0.5) is 0 Å². The summed E-state index contributed by atoms with van der Waals surface area (Å²) in [5.41, 5.74) is 1.23. The van der Waals surface area contributed by atoms with Crippen LogP contribution in [-0.2, 0) is 6.54 Å². The summed E-state index contributed by atoms with van der Waals surface area (Å²) >= 11 is 1.89. The van der Waals surface area contributed by atoms with Crippen LogP contribution in [0.2, 0.25) is 0 Å². The Morgan fingerprint density at radius 3 is 3.54 bits per heavy atom. The Balaban J connectivity index is 2.02. The Hall–Kier alpha value is -0.960.